The van der Waals surface area contributed by atoms with Crippen LogP contribution in [0.3, 0.4) is 0 Å². The Labute approximate surface area is 140 Å². The van der Waals surface area contributed by atoms with Crippen LogP contribution in [-0.4, -0.2) is 29.0 Å². The molecule has 0 unspecified atom stereocenters. The molecule has 1 aromatic carbocycles. The zero-order chi connectivity index (χ0) is 18.5. The number of fused-ring (bicyclic) bond motifs is 1. The summed E-state index contributed by atoms with van der Waals surface area (Å²) in [6.07, 6.45) is 2.26. The van der Waals surface area contributed by atoms with Crippen LogP contribution >= 0.6 is 0 Å². The van der Waals surface area contributed by atoms with E-state index in [1.807, 2.05) is 0 Å². The SMILES string of the molecule is Cc1c(S(C)(=O)=O)ccn2c(-c3cc(F)cc(F)c3)nc([N+](=O)[O-])c12. The minimum atomic E-state index is -3.62. The molecule has 0 radical (unpaired) electrons. The number of hydrogen-bond acceptors (Lipinski definition) is 5. The van der Waals surface area contributed by atoms with E-state index in [0.29, 0.717) is 6.07 Å². The van der Waals surface area contributed by atoms with E-state index in [1.54, 1.807) is 0 Å². The number of halogens is 2. The molecule has 0 spiro atoms. The topological polar surface area (TPSA) is 94.6 Å². The van der Waals surface area contributed by atoms with Gasteiger partial charge in [-0.05, 0) is 35.0 Å². The third-order valence-electron chi connectivity index (χ3n) is 3.69. The average Bonchev–Trinajstić information content (AvgIpc) is 2.86. The van der Waals surface area contributed by atoms with Crippen LogP contribution in [0.2, 0.25) is 0 Å². The van der Waals surface area contributed by atoms with Crippen molar-refractivity contribution in [2.75, 3.05) is 6.26 Å². The average molecular weight is 367 g/mol. The Bertz CT molecular complexity index is 1120. The van der Waals surface area contributed by atoms with Crippen molar-refractivity contribution in [2.45, 2.75) is 11.8 Å². The molecule has 0 fully saturated rings. The summed E-state index contributed by atoms with van der Waals surface area (Å²) in [5.41, 5.74) is 0.0759. The van der Waals surface area contributed by atoms with Crippen molar-refractivity contribution < 1.29 is 22.1 Å². The van der Waals surface area contributed by atoms with Crippen LogP contribution in [-0.2, 0) is 9.84 Å². The van der Waals surface area contributed by atoms with E-state index in [-0.39, 0.29) is 27.4 Å². The van der Waals surface area contributed by atoms with Gasteiger partial charge in [0.25, 0.3) is 5.82 Å². The molecule has 0 amide bonds. The lowest BCUT2D eigenvalue weighted by atomic mass is 10.2. The van der Waals surface area contributed by atoms with Gasteiger partial charge < -0.3 is 10.1 Å². The summed E-state index contributed by atoms with van der Waals surface area (Å²) in [4.78, 5) is 14.3. The van der Waals surface area contributed by atoms with Crippen LogP contribution in [0.25, 0.3) is 16.9 Å². The summed E-state index contributed by atoms with van der Waals surface area (Å²) in [6.45, 7) is 1.41. The summed E-state index contributed by atoms with van der Waals surface area (Å²) < 4.78 is 51.9. The van der Waals surface area contributed by atoms with Gasteiger partial charge in [0.15, 0.2) is 15.4 Å². The van der Waals surface area contributed by atoms with Gasteiger partial charge in [-0.3, -0.25) is 4.40 Å². The van der Waals surface area contributed by atoms with Crippen LogP contribution in [0.5, 0.6) is 0 Å². The van der Waals surface area contributed by atoms with Crippen molar-refractivity contribution in [3.8, 4) is 11.4 Å². The molecule has 0 atom stereocenters. The first-order valence-corrected chi connectivity index (χ1v) is 8.81. The van der Waals surface area contributed by atoms with Crippen LogP contribution in [0.4, 0.5) is 14.6 Å². The monoisotopic (exact) mass is 367 g/mol. The van der Waals surface area contributed by atoms with Crippen molar-refractivity contribution >= 4 is 21.2 Å². The molecule has 0 N–H and O–H groups in total. The van der Waals surface area contributed by atoms with Crippen LogP contribution in [0.1, 0.15) is 5.56 Å². The first-order chi connectivity index (χ1) is 11.6. The maximum atomic E-state index is 13.5. The number of sulfone groups is 1. The minimum absolute atomic E-state index is 0.00731. The fourth-order valence-corrected chi connectivity index (χ4v) is 3.67. The Hall–Kier alpha value is -2.88. The molecular weight excluding hydrogens is 356 g/mol. The summed E-state index contributed by atoms with van der Waals surface area (Å²) in [6, 6.07) is 3.91. The van der Waals surface area contributed by atoms with E-state index < -0.39 is 32.2 Å². The minimum Gasteiger partial charge on any atom is -0.358 e. The molecule has 0 saturated carbocycles. The second kappa shape index (κ2) is 5.59. The second-order valence-corrected chi connectivity index (χ2v) is 7.45. The fraction of sp³-hybridized carbons (Fsp3) is 0.133. The van der Waals surface area contributed by atoms with E-state index in [4.69, 9.17) is 0 Å². The number of hydrogen-bond donors (Lipinski definition) is 0. The van der Waals surface area contributed by atoms with Crippen molar-refractivity contribution in [3.63, 3.8) is 0 Å². The fourth-order valence-electron chi connectivity index (χ4n) is 2.71. The van der Waals surface area contributed by atoms with Crippen LogP contribution < -0.4 is 0 Å². The molecule has 10 heteroatoms. The number of imidazole rings is 1. The smallest absolute Gasteiger partial charge is 0.358 e. The Balaban J connectivity index is 2.44. The zero-order valence-electron chi connectivity index (χ0n) is 13.0. The molecule has 25 heavy (non-hydrogen) atoms. The lowest BCUT2D eigenvalue weighted by molar-refractivity contribution is -0.387. The maximum Gasteiger partial charge on any atom is 0.390 e. The van der Waals surface area contributed by atoms with E-state index >= 15 is 0 Å². The number of benzene rings is 1. The van der Waals surface area contributed by atoms with Gasteiger partial charge in [-0.2, -0.15) is 0 Å². The van der Waals surface area contributed by atoms with E-state index in [0.717, 1.165) is 18.4 Å². The number of pyridine rings is 1. The molecule has 0 aliphatic carbocycles. The first kappa shape index (κ1) is 17.0. The molecular formula is C15H11F2N3O4S. The zero-order valence-corrected chi connectivity index (χ0v) is 13.8. The standard InChI is InChI=1S/C15H11F2N3O4S/c1-8-12(25(2,23)24)3-4-19-13(8)15(20(21)22)18-14(19)9-5-10(16)7-11(17)6-9/h3-7H,1-2H3. The summed E-state index contributed by atoms with van der Waals surface area (Å²) in [5.74, 6) is -2.39. The Kier molecular flexibility index (Phi) is 3.79. The third-order valence-corrected chi connectivity index (χ3v) is 4.93. The Morgan fingerprint density at radius 1 is 1.20 bits per heavy atom. The molecule has 0 bridgehead atoms. The second-order valence-electron chi connectivity index (χ2n) is 5.47. The van der Waals surface area contributed by atoms with Gasteiger partial charge in [0.05, 0.1) is 10.5 Å². The first-order valence-electron chi connectivity index (χ1n) is 6.92. The van der Waals surface area contributed by atoms with Gasteiger partial charge in [-0.1, -0.05) is 0 Å². The largest absolute Gasteiger partial charge is 0.390 e. The van der Waals surface area contributed by atoms with Crippen LogP contribution in [0, 0.1) is 28.7 Å². The summed E-state index contributed by atoms with van der Waals surface area (Å²) in [5, 5.41) is 11.3. The number of aryl methyl sites for hydroxylation is 1. The highest BCUT2D eigenvalue weighted by Gasteiger charge is 2.28. The molecule has 0 aliphatic rings. The third kappa shape index (κ3) is 2.84. The van der Waals surface area contributed by atoms with Gasteiger partial charge in [0.1, 0.15) is 11.6 Å². The lowest BCUT2D eigenvalue weighted by Gasteiger charge is -2.06. The predicted molar refractivity (Wildman–Crippen MR) is 85.0 cm³/mol. The van der Waals surface area contributed by atoms with Crippen molar-refractivity contribution in [2.24, 2.45) is 0 Å². The maximum absolute atomic E-state index is 13.5. The van der Waals surface area contributed by atoms with Gasteiger partial charge in [0, 0.05) is 24.1 Å². The normalized spacial score (nSPS) is 11.8. The Morgan fingerprint density at radius 2 is 1.80 bits per heavy atom. The number of nitro groups is 1. The van der Waals surface area contributed by atoms with E-state index in [1.165, 1.54) is 23.6 Å². The van der Waals surface area contributed by atoms with Gasteiger partial charge >= 0.3 is 5.82 Å². The quantitative estimate of drug-likeness (QED) is 0.524. The summed E-state index contributed by atoms with van der Waals surface area (Å²) >= 11 is 0. The molecule has 2 aromatic heterocycles. The molecule has 0 aliphatic heterocycles. The van der Waals surface area contributed by atoms with Gasteiger partial charge in [0.2, 0.25) is 0 Å². The lowest BCUT2D eigenvalue weighted by Crippen LogP contribution is -2.03. The highest BCUT2D eigenvalue weighted by molar-refractivity contribution is 7.90. The molecule has 3 rings (SSSR count). The molecule has 2 heterocycles. The molecule has 0 saturated heterocycles. The highest BCUT2D eigenvalue weighted by Crippen LogP contribution is 2.32. The van der Waals surface area contributed by atoms with Crippen LogP contribution in [0.15, 0.2) is 35.4 Å². The van der Waals surface area contributed by atoms with E-state index in [2.05, 4.69) is 4.98 Å². The van der Waals surface area contributed by atoms with Crippen molar-refractivity contribution in [1.29, 1.82) is 0 Å². The highest BCUT2D eigenvalue weighted by atomic mass is 32.2. The summed E-state index contributed by atoms with van der Waals surface area (Å²) in [7, 11) is -3.62. The van der Waals surface area contributed by atoms with Gasteiger partial charge in [-0.25, -0.2) is 17.2 Å². The van der Waals surface area contributed by atoms with E-state index in [9.17, 15) is 27.3 Å². The number of nitrogens with zero attached hydrogens (tertiary/aromatic N) is 3. The molecule has 3 aromatic rings. The number of rotatable bonds is 3. The van der Waals surface area contributed by atoms with Crippen molar-refractivity contribution in [3.05, 3.63) is 57.8 Å². The number of aromatic nitrogens is 2. The Morgan fingerprint density at radius 3 is 2.32 bits per heavy atom. The predicted octanol–water partition coefficient (Wildman–Crippen LogP) is 2.90. The van der Waals surface area contributed by atoms with Crippen molar-refractivity contribution in [1.82, 2.24) is 9.38 Å². The molecule has 7 nitrogen and oxygen atoms in total. The molecule has 130 valence electrons. The van der Waals surface area contributed by atoms with Gasteiger partial charge in [-0.15, -0.1) is 0 Å².